The SMILES string of the molecule is CCC(c1nc2ccccc2c(=O)n1C)N1CCN(C(=O)c2ccc(OC)cc2OC)CC1. The highest BCUT2D eigenvalue weighted by molar-refractivity contribution is 5.97. The average molecular weight is 451 g/mol. The first-order valence-corrected chi connectivity index (χ1v) is 11.2. The van der Waals surface area contributed by atoms with E-state index in [1.807, 2.05) is 29.2 Å². The van der Waals surface area contributed by atoms with E-state index >= 15 is 0 Å². The van der Waals surface area contributed by atoms with Crippen molar-refractivity contribution in [2.75, 3.05) is 40.4 Å². The standard InChI is InChI=1S/C25H30N4O4/c1-5-21(23-26-20-9-7-6-8-18(20)24(30)27(23)2)28-12-14-29(15-13-28)25(31)19-11-10-17(32-3)16-22(19)33-4/h6-11,16,21H,5,12-15H2,1-4H3. The highest BCUT2D eigenvalue weighted by atomic mass is 16.5. The molecule has 1 aliphatic heterocycles. The lowest BCUT2D eigenvalue weighted by Crippen LogP contribution is -2.50. The van der Waals surface area contributed by atoms with Gasteiger partial charge in [0, 0.05) is 39.3 Å². The largest absolute Gasteiger partial charge is 0.497 e. The summed E-state index contributed by atoms with van der Waals surface area (Å²) >= 11 is 0. The van der Waals surface area contributed by atoms with Crippen LogP contribution < -0.4 is 15.0 Å². The highest BCUT2D eigenvalue weighted by Gasteiger charge is 2.30. The van der Waals surface area contributed by atoms with Gasteiger partial charge in [-0.25, -0.2) is 4.98 Å². The maximum Gasteiger partial charge on any atom is 0.261 e. The zero-order chi connectivity index (χ0) is 23.5. The molecule has 1 atom stereocenters. The molecule has 0 aliphatic carbocycles. The average Bonchev–Trinajstić information content (AvgIpc) is 2.87. The molecule has 3 aromatic rings. The van der Waals surface area contributed by atoms with Gasteiger partial charge in [0.15, 0.2) is 0 Å². The molecule has 1 aromatic heterocycles. The molecule has 1 unspecified atom stereocenters. The van der Waals surface area contributed by atoms with Gasteiger partial charge in [0.05, 0.1) is 36.7 Å². The van der Waals surface area contributed by atoms with Crippen LogP contribution >= 0.6 is 0 Å². The Labute approximate surface area is 193 Å². The molecule has 0 spiro atoms. The summed E-state index contributed by atoms with van der Waals surface area (Å²) in [7, 11) is 4.92. The zero-order valence-corrected chi connectivity index (χ0v) is 19.6. The predicted molar refractivity (Wildman–Crippen MR) is 127 cm³/mol. The van der Waals surface area contributed by atoms with E-state index in [-0.39, 0.29) is 17.5 Å². The maximum absolute atomic E-state index is 13.2. The molecule has 4 rings (SSSR count). The fraction of sp³-hybridized carbons (Fsp3) is 0.400. The minimum Gasteiger partial charge on any atom is -0.497 e. The van der Waals surface area contributed by atoms with E-state index in [0.717, 1.165) is 17.8 Å². The summed E-state index contributed by atoms with van der Waals surface area (Å²) in [6, 6.07) is 12.7. The van der Waals surface area contributed by atoms with Crippen LogP contribution in [0.15, 0.2) is 47.3 Å². The number of aromatic nitrogens is 2. The second-order valence-electron chi connectivity index (χ2n) is 8.17. The second-order valence-corrected chi connectivity index (χ2v) is 8.17. The first kappa shape index (κ1) is 22.8. The molecule has 0 N–H and O–H groups in total. The summed E-state index contributed by atoms with van der Waals surface area (Å²) in [5, 5.41) is 0.627. The minimum atomic E-state index is -0.0570. The van der Waals surface area contributed by atoms with Crippen molar-refractivity contribution >= 4 is 16.8 Å². The highest BCUT2D eigenvalue weighted by Crippen LogP contribution is 2.28. The molecule has 33 heavy (non-hydrogen) atoms. The van der Waals surface area contributed by atoms with Crippen molar-refractivity contribution < 1.29 is 14.3 Å². The first-order chi connectivity index (χ1) is 16.0. The van der Waals surface area contributed by atoms with Crippen LogP contribution in [0.2, 0.25) is 0 Å². The molecule has 2 aromatic carbocycles. The van der Waals surface area contributed by atoms with Crippen LogP contribution in [0.1, 0.15) is 35.6 Å². The summed E-state index contributed by atoms with van der Waals surface area (Å²) < 4.78 is 12.3. The number of fused-ring (bicyclic) bond motifs is 1. The van der Waals surface area contributed by atoms with Gasteiger partial charge in [0.1, 0.15) is 17.3 Å². The molecule has 1 aliphatic rings. The van der Waals surface area contributed by atoms with Gasteiger partial charge >= 0.3 is 0 Å². The van der Waals surface area contributed by atoms with Crippen molar-refractivity contribution in [2.45, 2.75) is 19.4 Å². The van der Waals surface area contributed by atoms with E-state index < -0.39 is 0 Å². The number of hydrogen-bond donors (Lipinski definition) is 0. The molecule has 8 nitrogen and oxygen atoms in total. The van der Waals surface area contributed by atoms with E-state index in [1.165, 1.54) is 0 Å². The Morgan fingerprint density at radius 2 is 1.79 bits per heavy atom. The summed E-state index contributed by atoms with van der Waals surface area (Å²) in [6.45, 7) is 4.68. The van der Waals surface area contributed by atoms with E-state index in [2.05, 4.69) is 11.8 Å². The van der Waals surface area contributed by atoms with Gasteiger partial charge in [-0.15, -0.1) is 0 Å². The van der Waals surface area contributed by atoms with E-state index in [4.69, 9.17) is 14.5 Å². The van der Waals surface area contributed by atoms with E-state index in [0.29, 0.717) is 48.6 Å². The number of carbonyl (C=O) groups excluding carboxylic acids is 1. The zero-order valence-electron chi connectivity index (χ0n) is 19.6. The van der Waals surface area contributed by atoms with Gasteiger partial charge in [-0.3, -0.25) is 19.1 Å². The third kappa shape index (κ3) is 4.30. The number of carbonyl (C=O) groups is 1. The molecule has 0 radical (unpaired) electrons. The molecule has 1 saturated heterocycles. The monoisotopic (exact) mass is 450 g/mol. The number of hydrogen-bond acceptors (Lipinski definition) is 6. The number of nitrogens with zero attached hydrogens (tertiary/aromatic N) is 4. The molecule has 8 heteroatoms. The van der Waals surface area contributed by atoms with Gasteiger partial charge in [-0.05, 0) is 30.7 Å². The molecule has 1 amide bonds. The number of ether oxygens (including phenoxy) is 2. The third-order valence-corrected chi connectivity index (χ3v) is 6.38. The van der Waals surface area contributed by atoms with E-state index in [9.17, 15) is 9.59 Å². The Balaban J connectivity index is 1.53. The van der Waals surface area contributed by atoms with E-state index in [1.54, 1.807) is 44.0 Å². The summed E-state index contributed by atoms with van der Waals surface area (Å²) in [6.07, 6.45) is 0.818. The van der Waals surface area contributed by atoms with Crippen LogP contribution in [0.25, 0.3) is 10.9 Å². The lowest BCUT2D eigenvalue weighted by Gasteiger charge is -2.39. The van der Waals surface area contributed by atoms with Crippen molar-refractivity contribution in [3.05, 3.63) is 64.2 Å². The first-order valence-electron chi connectivity index (χ1n) is 11.2. The molecule has 1 fully saturated rings. The Morgan fingerprint density at radius 3 is 2.45 bits per heavy atom. The van der Waals surface area contributed by atoms with Gasteiger partial charge in [0.2, 0.25) is 0 Å². The van der Waals surface area contributed by atoms with Crippen molar-refractivity contribution in [1.82, 2.24) is 19.4 Å². The predicted octanol–water partition coefficient (Wildman–Crippen LogP) is 2.86. The minimum absolute atomic E-state index is 0.0000747. The lowest BCUT2D eigenvalue weighted by molar-refractivity contribution is 0.0547. The Bertz CT molecular complexity index is 1210. The lowest BCUT2D eigenvalue weighted by atomic mass is 10.1. The number of rotatable bonds is 6. The molecule has 174 valence electrons. The molecular weight excluding hydrogens is 420 g/mol. The molecule has 2 heterocycles. The van der Waals surface area contributed by atoms with Gasteiger partial charge in [-0.1, -0.05) is 19.1 Å². The molecular formula is C25H30N4O4. The van der Waals surface area contributed by atoms with Crippen LogP contribution in [0, 0.1) is 0 Å². The smallest absolute Gasteiger partial charge is 0.261 e. The van der Waals surface area contributed by atoms with Crippen molar-refractivity contribution in [3.8, 4) is 11.5 Å². The van der Waals surface area contributed by atoms with Gasteiger partial charge in [-0.2, -0.15) is 0 Å². The number of para-hydroxylation sites is 1. The van der Waals surface area contributed by atoms with Crippen LogP contribution in [-0.2, 0) is 7.05 Å². The second kappa shape index (κ2) is 9.62. The number of piperazine rings is 1. The number of methoxy groups -OCH3 is 2. The molecule has 0 saturated carbocycles. The maximum atomic E-state index is 13.2. The number of amides is 1. The van der Waals surface area contributed by atoms with Gasteiger partial charge < -0.3 is 14.4 Å². The van der Waals surface area contributed by atoms with Gasteiger partial charge in [0.25, 0.3) is 11.5 Å². The van der Waals surface area contributed by atoms with Crippen molar-refractivity contribution in [3.63, 3.8) is 0 Å². The topological polar surface area (TPSA) is 76.9 Å². The van der Waals surface area contributed by atoms with Crippen molar-refractivity contribution in [1.29, 1.82) is 0 Å². The normalized spacial score (nSPS) is 15.5. The van der Waals surface area contributed by atoms with Crippen molar-refractivity contribution in [2.24, 2.45) is 7.05 Å². The molecule has 0 bridgehead atoms. The summed E-state index contributed by atoms with van der Waals surface area (Å²) in [4.78, 5) is 35.1. The third-order valence-electron chi connectivity index (χ3n) is 6.38. The fourth-order valence-corrected chi connectivity index (χ4v) is 4.52. The Hall–Kier alpha value is -3.39. The van der Waals surface area contributed by atoms with Crippen LogP contribution in [0.5, 0.6) is 11.5 Å². The fourth-order valence-electron chi connectivity index (χ4n) is 4.52. The quantitative estimate of drug-likeness (QED) is 0.575. The Kier molecular flexibility index (Phi) is 6.65. The van der Waals surface area contributed by atoms with Crippen LogP contribution in [0.4, 0.5) is 0 Å². The Morgan fingerprint density at radius 1 is 1.06 bits per heavy atom. The summed E-state index contributed by atoms with van der Waals surface area (Å²) in [5.74, 6) is 1.85. The number of benzene rings is 2. The van der Waals surface area contributed by atoms with Crippen LogP contribution in [-0.4, -0.2) is 65.7 Å². The van der Waals surface area contributed by atoms with Crippen LogP contribution in [0.3, 0.4) is 0 Å². The summed E-state index contributed by atoms with van der Waals surface area (Å²) in [5.41, 5.74) is 1.21.